The Morgan fingerprint density at radius 1 is 1.57 bits per heavy atom. The average Bonchev–Trinajstić information content (AvgIpc) is 2.88. The Morgan fingerprint density at radius 2 is 2.21 bits per heavy atom. The largest absolute Gasteiger partial charge is 0.398 e. The monoisotopic (exact) mass is 208 g/mol. The van der Waals surface area contributed by atoms with Crippen LogP contribution in [0.1, 0.15) is 35.4 Å². The Labute approximate surface area is 88.6 Å². The first-order valence-electron chi connectivity index (χ1n) is 4.74. The minimum atomic E-state index is 0.599. The molecule has 1 aliphatic carbocycles. The van der Waals surface area contributed by atoms with E-state index in [1.54, 1.807) is 6.07 Å². The smallest absolute Gasteiger partial charge is 0.0464 e. The molecule has 0 radical (unpaired) electrons. The van der Waals surface area contributed by atoms with E-state index in [9.17, 15) is 0 Å². The van der Waals surface area contributed by atoms with E-state index in [0.717, 1.165) is 16.1 Å². The molecule has 0 unspecified atom stereocenters. The number of hydrogen-bond donors (Lipinski definition) is 2. The van der Waals surface area contributed by atoms with E-state index in [0.29, 0.717) is 11.6 Å². The SMILES string of the molecule is Cc1c(C=N)c(N)cc(Cl)c1C1CC1. The van der Waals surface area contributed by atoms with Crippen LogP contribution in [0.25, 0.3) is 0 Å². The molecule has 1 fully saturated rings. The fraction of sp³-hybridized carbons (Fsp3) is 0.364. The van der Waals surface area contributed by atoms with Crippen LogP contribution in [0.2, 0.25) is 5.02 Å². The summed E-state index contributed by atoms with van der Waals surface area (Å²) in [4.78, 5) is 0. The maximum Gasteiger partial charge on any atom is 0.0464 e. The molecule has 1 aliphatic rings. The lowest BCUT2D eigenvalue weighted by Gasteiger charge is -2.12. The molecule has 0 saturated heterocycles. The number of nitrogens with two attached hydrogens (primary N) is 1. The fourth-order valence-corrected chi connectivity index (χ4v) is 2.31. The van der Waals surface area contributed by atoms with Gasteiger partial charge in [0.05, 0.1) is 0 Å². The number of anilines is 1. The van der Waals surface area contributed by atoms with E-state index >= 15 is 0 Å². The van der Waals surface area contributed by atoms with Crippen LogP contribution in [0.4, 0.5) is 5.69 Å². The van der Waals surface area contributed by atoms with E-state index in [4.69, 9.17) is 22.7 Å². The zero-order valence-electron chi connectivity index (χ0n) is 8.10. The third-order valence-corrected chi connectivity index (χ3v) is 3.10. The molecular formula is C11H13ClN2. The first kappa shape index (κ1) is 9.53. The van der Waals surface area contributed by atoms with Crippen molar-refractivity contribution in [3.63, 3.8) is 0 Å². The molecular weight excluding hydrogens is 196 g/mol. The van der Waals surface area contributed by atoms with Crippen LogP contribution in [-0.4, -0.2) is 6.21 Å². The third kappa shape index (κ3) is 1.40. The molecule has 2 rings (SSSR count). The molecule has 0 aliphatic heterocycles. The molecule has 14 heavy (non-hydrogen) atoms. The molecule has 3 N–H and O–H groups in total. The van der Waals surface area contributed by atoms with Crippen molar-refractivity contribution in [2.75, 3.05) is 5.73 Å². The van der Waals surface area contributed by atoms with Gasteiger partial charge in [-0.2, -0.15) is 0 Å². The normalized spacial score (nSPS) is 15.6. The number of halogens is 1. The predicted molar refractivity (Wildman–Crippen MR) is 60.5 cm³/mol. The zero-order chi connectivity index (χ0) is 10.3. The molecule has 0 bridgehead atoms. The number of nitrogens with one attached hydrogen (secondary N) is 1. The number of rotatable bonds is 2. The van der Waals surface area contributed by atoms with Gasteiger partial charge in [0.2, 0.25) is 0 Å². The summed E-state index contributed by atoms with van der Waals surface area (Å²) in [6.45, 7) is 2.00. The summed E-state index contributed by atoms with van der Waals surface area (Å²) < 4.78 is 0. The molecule has 0 aromatic heterocycles. The molecule has 0 heterocycles. The Balaban J connectivity index is 2.63. The summed E-state index contributed by atoms with van der Waals surface area (Å²) in [5, 5.41) is 8.06. The van der Waals surface area contributed by atoms with Gasteiger partial charge in [0.1, 0.15) is 0 Å². The Hall–Kier alpha value is -1.02. The second kappa shape index (κ2) is 3.28. The Kier molecular flexibility index (Phi) is 2.23. The summed E-state index contributed by atoms with van der Waals surface area (Å²) in [5.41, 5.74) is 9.48. The molecule has 1 saturated carbocycles. The lowest BCUT2D eigenvalue weighted by Crippen LogP contribution is -2.00. The Bertz CT molecular complexity index is 395. The van der Waals surface area contributed by atoms with Crippen molar-refractivity contribution in [3.8, 4) is 0 Å². The van der Waals surface area contributed by atoms with Crippen LogP contribution in [-0.2, 0) is 0 Å². The second-order valence-electron chi connectivity index (χ2n) is 3.82. The summed E-state index contributed by atoms with van der Waals surface area (Å²) in [6.07, 6.45) is 3.73. The van der Waals surface area contributed by atoms with Crippen molar-refractivity contribution in [2.24, 2.45) is 0 Å². The van der Waals surface area contributed by atoms with E-state index < -0.39 is 0 Å². The maximum absolute atomic E-state index is 7.31. The summed E-state index contributed by atoms with van der Waals surface area (Å²) >= 11 is 6.14. The third-order valence-electron chi connectivity index (χ3n) is 2.79. The van der Waals surface area contributed by atoms with Crippen LogP contribution in [0.5, 0.6) is 0 Å². The fourth-order valence-electron chi connectivity index (χ4n) is 1.90. The van der Waals surface area contributed by atoms with Crippen molar-refractivity contribution in [1.82, 2.24) is 0 Å². The molecule has 0 atom stereocenters. The van der Waals surface area contributed by atoms with E-state index in [2.05, 4.69) is 0 Å². The van der Waals surface area contributed by atoms with Gasteiger partial charge in [-0.15, -0.1) is 0 Å². The van der Waals surface area contributed by atoms with Crippen molar-refractivity contribution >= 4 is 23.5 Å². The summed E-state index contributed by atoms with van der Waals surface area (Å²) in [6, 6.07) is 1.77. The van der Waals surface area contributed by atoms with Gasteiger partial charge in [0.25, 0.3) is 0 Å². The number of hydrogen-bond acceptors (Lipinski definition) is 2. The topological polar surface area (TPSA) is 49.9 Å². The van der Waals surface area contributed by atoms with Crippen molar-refractivity contribution in [1.29, 1.82) is 5.41 Å². The van der Waals surface area contributed by atoms with Crippen LogP contribution in [0, 0.1) is 12.3 Å². The first-order chi connectivity index (χ1) is 6.65. The van der Waals surface area contributed by atoms with Gasteiger partial charge in [0, 0.05) is 22.5 Å². The summed E-state index contributed by atoms with van der Waals surface area (Å²) in [5.74, 6) is 0.599. The van der Waals surface area contributed by atoms with E-state index in [1.807, 2.05) is 6.92 Å². The van der Waals surface area contributed by atoms with Gasteiger partial charge in [-0.1, -0.05) is 11.6 Å². The van der Waals surface area contributed by atoms with E-state index in [1.165, 1.54) is 24.6 Å². The van der Waals surface area contributed by atoms with Gasteiger partial charge in [-0.25, -0.2) is 0 Å². The van der Waals surface area contributed by atoms with Crippen molar-refractivity contribution in [2.45, 2.75) is 25.7 Å². The molecule has 0 amide bonds. The lowest BCUT2D eigenvalue weighted by atomic mass is 9.98. The highest BCUT2D eigenvalue weighted by molar-refractivity contribution is 6.32. The van der Waals surface area contributed by atoms with E-state index in [-0.39, 0.29) is 0 Å². The molecule has 1 aromatic carbocycles. The highest BCUT2D eigenvalue weighted by Crippen LogP contribution is 2.46. The molecule has 2 nitrogen and oxygen atoms in total. The van der Waals surface area contributed by atoms with Crippen LogP contribution < -0.4 is 5.73 Å². The lowest BCUT2D eigenvalue weighted by molar-refractivity contribution is 1.10. The highest BCUT2D eigenvalue weighted by atomic mass is 35.5. The zero-order valence-corrected chi connectivity index (χ0v) is 8.86. The highest BCUT2D eigenvalue weighted by Gasteiger charge is 2.28. The minimum absolute atomic E-state index is 0.599. The second-order valence-corrected chi connectivity index (χ2v) is 4.23. The summed E-state index contributed by atoms with van der Waals surface area (Å²) in [7, 11) is 0. The first-order valence-corrected chi connectivity index (χ1v) is 5.12. The maximum atomic E-state index is 7.31. The van der Waals surface area contributed by atoms with Gasteiger partial charge in [0.15, 0.2) is 0 Å². The number of benzene rings is 1. The quantitative estimate of drug-likeness (QED) is 0.570. The van der Waals surface area contributed by atoms with Gasteiger partial charge in [-0.3, -0.25) is 0 Å². The Morgan fingerprint density at radius 3 is 2.71 bits per heavy atom. The average molecular weight is 209 g/mol. The van der Waals surface area contributed by atoms with Crippen molar-refractivity contribution < 1.29 is 0 Å². The van der Waals surface area contributed by atoms with Gasteiger partial charge < -0.3 is 11.1 Å². The van der Waals surface area contributed by atoms with Crippen LogP contribution in [0.15, 0.2) is 6.07 Å². The minimum Gasteiger partial charge on any atom is -0.398 e. The standard InChI is InChI=1S/C11H13ClN2/c1-6-8(5-13)10(14)4-9(12)11(6)7-2-3-7/h4-5,7,13H,2-3,14H2,1H3. The van der Waals surface area contributed by atoms with Gasteiger partial charge >= 0.3 is 0 Å². The van der Waals surface area contributed by atoms with Crippen LogP contribution >= 0.6 is 11.6 Å². The predicted octanol–water partition coefficient (Wildman–Crippen LogP) is 3.11. The molecule has 1 aromatic rings. The van der Waals surface area contributed by atoms with Gasteiger partial charge in [-0.05, 0) is 42.9 Å². The number of nitrogen functional groups attached to an aromatic ring is 1. The molecule has 74 valence electrons. The molecule has 3 heteroatoms. The van der Waals surface area contributed by atoms with Crippen molar-refractivity contribution in [3.05, 3.63) is 27.8 Å². The molecule has 0 spiro atoms. The van der Waals surface area contributed by atoms with Crippen LogP contribution in [0.3, 0.4) is 0 Å².